The van der Waals surface area contributed by atoms with Crippen molar-refractivity contribution in [1.82, 2.24) is 4.98 Å². The molecule has 1 aromatic carbocycles. The van der Waals surface area contributed by atoms with Gasteiger partial charge in [-0.2, -0.15) is 0 Å². The minimum absolute atomic E-state index is 0.142. The SMILES string of the molecule is COc1cccc(C(=O)c2ccncc2Cl)c1. The molecule has 0 spiro atoms. The van der Waals surface area contributed by atoms with Crippen molar-refractivity contribution < 1.29 is 9.53 Å². The first-order valence-electron chi connectivity index (χ1n) is 5.00. The number of benzene rings is 1. The fourth-order valence-corrected chi connectivity index (χ4v) is 1.68. The van der Waals surface area contributed by atoms with Gasteiger partial charge in [0, 0.05) is 23.5 Å². The van der Waals surface area contributed by atoms with Crippen LogP contribution < -0.4 is 4.74 Å². The Morgan fingerprint density at radius 3 is 2.88 bits per heavy atom. The largest absolute Gasteiger partial charge is 0.497 e. The van der Waals surface area contributed by atoms with Crippen molar-refractivity contribution in [1.29, 1.82) is 0 Å². The first kappa shape index (κ1) is 11.6. The molecule has 0 aliphatic rings. The highest BCUT2D eigenvalue weighted by Crippen LogP contribution is 2.20. The quantitative estimate of drug-likeness (QED) is 0.783. The molecule has 17 heavy (non-hydrogen) atoms. The zero-order valence-corrected chi connectivity index (χ0v) is 9.94. The number of pyridine rings is 1. The smallest absolute Gasteiger partial charge is 0.194 e. The Bertz CT molecular complexity index is 555. The third-order valence-electron chi connectivity index (χ3n) is 2.35. The Morgan fingerprint density at radius 2 is 2.18 bits per heavy atom. The molecule has 1 heterocycles. The van der Waals surface area contributed by atoms with Gasteiger partial charge in [0.2, 0.25) is 0 Å². The highest BCUT2D eigenvalue weighted by molar-refractivity contribution is 6.34. The summed E-state index contributed by atoms with van der Waals surface area (Å²) in [6.07, 6.45) is 2.99. The molecule has 2 rings (SSSR count). The minimum atomic E-state index is -0.142. The van der Waals surface area contributed by atoms with E-state index in [1.54, 1.807) is 43.6 Å². The Morgan fingerprint density at radius 1 is 1.35 bits per heavy atom. The van der Waals surface area contributed by atoms with E-state index < -0.39 is 0 Å². The number of ketones is 1. The van der Waals surface area contributed by atoms with Gasteiger partial charge in [-0.05, 0) is 18.2 Å². The van der Waals surface area contributed by atoms with E-state index in [1.165, 1.54) is 6.20 Å². The first-order chi connectivity index (χ1) is 8.22. The third-order valence-corrected chi connectivity index (χ3v) is 2.65. The first-order valence-corrected chi connectivity index (χ1v) is 5.38. The summed E-state index contributed by atoms with van der Waals surface area (Å²) in [5.41, 5.74) is 0.979. The van der Waals surface area contributed by atoms with Gasteiger partial charge in [0.25, 0.3) is 0 Å². The molecule has 0 aliphatic carbocycles. The van der Waals surface area contributed by atoms with E-state index in [-0.39, 0.29) is 5.78 Å². The van der Waals surface area contributed by atoms with E-state index in [0.717, 1.165) is 0 Å². The van der Waals surface area contributed by atoms with Crippen LogP contribution in [0.5, 0.6) is 5.75 Å². The van der Waals surface area contributed by atoms with Crippen LogP contribution in [-0.2, 0) is 0 Å². The number of aromatic nitrogens is 1. The molecule has 0 amide bonds. The zero-order chi connectivity index (χ0) is 12.3. The van der Waals surface area contributed by atoms with Crippen molar-refractivity contribution in [2.24, 2.45) is 0 Å². The van der Waals surface area contributed by atoms with Crippen LogP contribution in [0.4, 0.5) is 0 Å². The number of hydrogen-bond acceptors (Lipinski definition) is 3. The van der Waals surface area contributed by atoms with E-state index in [2.05, 4.69) is 4.98 Å². The van der Waals surface area contributed by atoms with Gasteiger partial charge in [0.15, 0.2) is 5.78 Å². The fraction of sp³-hybridized carbons (Fsp3) is 0.0769. The van der Waals surface area contributed by atoms with Crippen LogP contribution in [0, 0.1) is 0 Å². The Balaban J connectivity index is 2.40. The lowest BCUT2D eigenvalue weighted by atomic mass is 10.0. The van der Waals surface area contributed by atoms with E-state index in [4.69, 9.17) is 16.3 Å². The molecule has 0 atom stereocenters. The topological polar surface area (TPSA) is 39.2 Å². The number of ether oxygens (including phenoxy) is 1. The van der Waals surface area contributed by atoms with Crippen LogP contribution >= 0.6 is 11.6 Å². The van der Waals surface area contributed by atoms with Gasteiger partial charge in [0.1, 0.15) is 5.75 Å². The summed E-state index contributed by atoms with van der Waals surface area (Å²) in [7, 11) is 1.56. The molecule has 0 fully saturated rings. The number of rotatable bonds is 3. The van der Waals surface area contributed by atoms with Gasteiger partial charge in [-0.3, -0.25) is 9.78 Å². The molecule has 0 bridgehead atoms. The summed E-state index contributed by atoms with van der Waals surface area (Å²) in [5.74, 6) is 0.498. The molecule has 3 nitrogen and oxygen atoms in total. The second kappa shape index (κ2) is 4.97. The monoisotopic (exact) mass is 247 g/mol. The summed E-state index contributed by atoms with van der Waals surface area (Å²) in [6, 6.07) is 8.55. The lowest BCUT2D eigenvalue weighted by molar-refractivity contribution is 0.103. The van der Waals surface area contributed by atoms with Gasteiger partial charge in [0.05, 0.1) is 12.1 Å². The van der Waals surface area contributed by atoms with Crippen LogP contribution in [0.25, 0.3) is 0 Å². The molecule has 0 N–H and O–H groups in total. The molecule has 0 saturated carbocycles. The van der Waals surface area contributed by atoms with Crippen molar-refractivity contribution in [2.45, 2.75) is 0 Å². The number of hydrogen-bond donors (Lipinski definition) is 0. The van der Waals surface area contributed by atoms with E-state index in [9.17, 15) is 4.79 Å². The van der Waals surface area contributed by atoms with E-state index >= 15 is 0 Å². The highest BCUT2D eigenvalue weighted by Gasteiger charge is 2.12. The Hall–Kier alpha value is -1.87. The minimum Gasteiger partial charge on any atom is -0.497 e. The number of methoxy groups -OCH3 is 1. The predicted molar refractivity (Wildman–Crippen MR) is 65.7 cm³/mol. The van der Waals surface area contributed by atoms with Crippen LogP contribution in [0.15, 0.2) is 42.7 Å². The third kappa shape index (κ3) is 2.45. The second-order valence-corrected chi connectivity index (χ2v) is 3.82. The molecule has 0 aliphatic heterocycles. The molecular weight excluding hydrogens is 238 g/mol. The maximum absolute atomic E-state index is 12.2. The van der Waals surface area contributed by atoms with Gasteiger partial charge >= 0.3 is 0 Å². The molecule has 86 valence electrons. The molecule has 2 aromatic rings. The number of nitrogens with zero attached hydrogens (tertiary/aromatic N) is 1. The average Bonchev–Trinajstić information content (AvgIpc) is 2.38. The fourth-order valence-electron chi connectivity index (χ4n) is 1.48. The summed E-state index contributed by atoms with van der Waals surface area (Å²) in [5, 5.41) is 0.348. The van der Waals surface area contributed by atoms with Crippen LogP contribution in [0.1, 0.15) is 15.9 Å². The summed E-state index contributed by atoms with van der Waals surface area (Å²) >= 11 is 5.93. The molecule has 0 saturated heterocycles. The van der Waals surface area contributed by atoms with Gasteiger partial charge in [-0.25, -0.2) is 0 Å². The maximum Gasteiger partial charge on any atom is 0.194 e. The van der Waals surface area contributed by atoms with Gasteiger partial charge in [-0.1, -0.05) is 23.7 Å². The van der Waals surface area contributed by atoms with Crippen molar-refractivity contribution >= 4 is 17.4 Å². The normalized spacial score (nSPS) is 10.0. The standard InChI is InChI=1S/C13H10ClNO2/c1-17-10-4-2-3-9(7-10)13(16)11-5-6-15-8-12(11)14/h2-8H,1H3. The van der Waals surface area contributed by atoms with Crippen molar-refractivity contribution in [3.05, 3.63) is 58.9 Å². The molecule has 0 radical (unpaired) electrons. The van der Waals surface area contributed by atoms with Gasteiger partial charge in [-0.15, -0.1) is 0 Å². The average molecular weight is 248 g/mol. The molecule has 0 unspecified atom stereocenters. The summed E-state index contributed by atoms with van der Waals surface area (Å²) < 4.78 is 5.07. The predicted octanol–water partition coefficient (Wildman–Crippen LogP) is 2.97. The maximum atomic E-state index is 12.2. The Kier molecular flexibility index (Phi) is 3.40. The second-order valence-electron chi connectivity index (χ2n) is 3.42. The molecule has 4 heteroatoms. The zero-order valence-electron chi connectivity index (χ0n) is 9.18. The lowest BCUT2D eigenvalue weighted by Crippen LogP contribution is -2.02. The van der Waals surface area contributed by atoms with Crippen molar-refractivity contribution in [2.75, 3.05) is 7.11 Å². The highest BCUT2D eigenvalue weighted by atomic mass is 35.5. The number of carbonyl (C=O) groups is 1. The Labute approximate surface area is 104 Å². The van der Waals surface area contributed by atoms with E-state index in [0.29, 0.717) is 21.9 Å². The summed E-state index contributed by atoms with van der Waals surface area (Å²) in [6.45, 7) is 0. The van der Waals surface area contributed by atoms with Gasteiger partial charge < -0.3 is 4.74 Å². The van der Waals surface area contributed by atoms with Crippen molar-refractivity contribution in [3.8, 4) is 5.75 Å². The van der Waals surface area contributed by atoms with Crippen LogP contribution in [0.2, 0.25) is 5.02 Å². The van der Waals surface area contributed by atoms with E-state index in [1.807, 2.05) is 0 Å². The van der Waals surface area contributed by atoms with Crippen LogP contribution in [0.3, 0.4) is 0 Å². The number of halogens is 1. The lowest BCUT2D eigenvalue weighted by Gasteiger charge is -2.05. The van der Waals surface area contributed by atoms with Crippen molar-refractivity contribution in [3.63, 3.8) is 0 Å². The number of carbonyl (C=O) groups excluding carboxylic acids is 1. The summed E-state index contributed by atoms with van der Waals surface area (Å²) in [4.78, 5) is 16.0. The molecular formula is C13H10ClNO2. The molecule has 1 aromatic heterocycles. The van der Waals surface area contributed by atoms with Crippen LogP contribution in [-0.4, -0.2) is 17.9 Å².